The first-order valence-electron chi connectivity index (χ1n) is 7.81. The molecule has 120 valence electrons. The number of hydrogen-bond acceptors (Lipinski definition) is 2. The molecule has 2 aromatic carbocycles. The summed E-state index contributed by atoms with van der Waals surface area (Å²) in [5.74, 6) is 0.623. The van der Waals surface area contributed by atoms with Crippen molar-refractivity contribution in [1.29, 1.82) is 0 Å². The van der Waals surface area contributed by atoms with Crippen LogP contribution in [0, 0.1) is 0 Å². The number of para-hydroxylation sites is 1. The van der Waals surface area contributed by atoms with Crippen molar-refractivity contribution in [3.8, 4) is 0 Å². The van der Waals surface area contributed by atoms with Gasteiger partial charge in [0.25, 0.3) is 0 Å². The maximum atomic E-state index is 10.4. The van der Waals surface area contributed by atoms with Gasteiger partial charge in [-0.2, -0.15) is 0 Å². The summed E-state index contributed by atoms with van der Waals surface area (Å²) < 4.78 is 2.16. The third kappa shape index (κ3) is 3.74. The Balaban J connectivity index is 1.71. The van der Waals surface area contributed by atoms with Crippen LogP contribution in [-0.2, 0) is 13.0 Å². The molecule has 1 heterocycles. The summed E-state index contributed by atoms with van der Waals surface area (Å²) >= 11 is 7.76. The number of aromatic nitrogens is 1. The third-order valence-corrected chi connectivity index (χ3v) is 5.59. The van der Waals surface area contributed by atoms with Crippen LogP contribution >= 0.6 is 23.4 Å². The van der Waals surface area contributed by atoms with Crippen molar-refractivity contribution in [1.82, 2.24) is 4.57 Å². The molecule has 0 amide bonds. The van der Waals surface area contributed by atoms with E-state index < -0.39 is 6.10 Å². The first-order chi connectivity index (χ1) is 11.2. The van der Waals surface area contributed by atoms with Crippen LogP contribution in [0.25, 0.3) is 10.9 Å². The summed E-state index contributed by atoms with van der Waals surface area (Å²) in [7, 11) is 0. The molecule has 1 N–H and O–H groups in total. The van der Waals surface area contributed by atoms with E-state index in [1.807, 2.05) is 24.3 Å². The molecule has 0 saturated carbocycles. The molecule has 2 nitrogen and oxygen atoms in total. The first-order valence-corrected chi connectivity index (χ1v) is 9.17. The van der Waals surface area contributed by atoms with Crippen molar-refractivity contribution in [2.45, 2.75) is 30.9 Å². The normalized spacial score (nSPS) is 12.7. The fraction of sp³-hybridized carbons (Fsp3) is 0.263. The Morgan fingerprint density at radius 1 is 1.13 bits per heavy atom. The minimum absolute atomic E-state index is 0.420. The molecule has 3 rings (SSSR count). The van der Waals surface area contributed by atoms with Crippen LogP contribution in [-0.4, -0.2) is 21.5 Å². The monoisotopic (exact) mass is 345 g/mol. The van der Waals surface area contributed by atoms with Crippen LogP contribution in [0.15, 0.2) is 59.6 Å². The highest BCUT2D eigenvalue weighted by Crippen LogP contribution is 2.28. The molecular formula is C19H20ClNOS. The number of aliphatic hydroxyl groups excluding tert-OH is 1. The zero-order valence-corrected chi connectivity index (χ0v) is 14.6. The molecule has 0 bridgehead atoms. The molecule has 0 spiro atoms. The molecule has 0 aliphatic heterocycles. The van der Waals surface area contributed by atoms with Gasteiger partial charge in [-0.05, 0) is 35.6 Å². The lowest BCUT2D eigenvalue weighted by atomic mass is 10.1. The van der Waals surface area contributed by atoms with Gasteiger partial charge >= 0.3 is 0 Å². The zero-order valence-electron chi connectivity index (χ0n) is 13.1. The topological polar surface area (TPSA) is 25.2 Å². The number of aryl methyl sites for hydroxylation is 1. The van der Waals surface area contributed by atoms with E-state index in [1.54, 1.807) is 11.8 Å². The second kappa shape index (κ2) is 7.43. The number of halogens is 1. The molecule has 0 aliphatic carbocycles. The fourth-order valence-corrected chi connectivity index (χ4v) is 3.96. The Bertz CT molecular complexity index is 799. The highest BCUT2D eigenvalue weighted by Gasteiger charge is 2.11. The molecule has 23 heavy (non-hydrogen) atoms. The van der Waals surface area contributed by atoms with Crippen molar-refractivity contribution < 1.29 is 5.11 Å². The number of thioether (sulfide) groups is 1. The van der Waals surface area contributed by atoms with Crippen LogP contribution in [0.4, 0.5) is 0 Å². The van der Waals surface area contributed by atoms with Gasteiger partial charge in [-0.3, -0.25) is 0 Å². The van der Waals surface area contributed by atoms with Gasteiger partial charge in [-0.25, -0.2) is 0 Å². The Kier molecular flexibility index (Phi) is 5.31. The molecule has 3 aromatic rings. The van der Waals surface area contributed by atoms with E-state index in [1.165, 1.54) is 16.5 Å². The Hall–Kier alpha value is -1.42. The summed E-state index contributed by atoms with van der Waals surface area (Å²) in [5.41, 5.74) is 2.55. The van der Waals surface area contributed by atoms with Crippen LogP contribution in [0.5, 0.6) is 0 Å². The van der Waals surface area contributed by atoms with Crippen LogP contribution in [0.1, 0.15) is 12.5 Å². The van der Waals surface area contributed by atoms with Gasteiger partial charge in [-0.15, -0.1) is 11.8 Å². The van der Waals surface area contributed by atoms with E-state index >= 15 is 0 Å². The molecule has 0 radical (unpaired) electrons. The summed E-state index contributed by atoms with van der Waals surface area (Å²) in [5, 5.41) is 12.4. The van der Waals surface area contributed by atoms with Crippen LogP contribution in [0.2, 0.25) is 5.02 Å². The predicted octanol–water partition coefficient (Wildman–Crippen LogP) is 5.01. The van der Waals surface area contributed by atoms with E-state index in [0.717, 1.165) is 16.3 Å². The van der Waals surface area contributed by atoms with Crippen molar-refractivity contribution >= 4 is 34.3 Å². The van der Waals surface area contributed by atoms with E-state index in [-0.39, 0.29) is 0 Å². The van der Waals surface area contributed by atoms with Gasteiger partial charge in [0.05, 0.1) is 16.6 Å². The second-order valence-electron chi connectivity index (χ2n) is 5.57. The van der Waals surface area contributed by atoms with Gasteiger partial charge < -0.3 is 9.67 Å². The van der Waals surface area contributed by atoms with Crippen LogP contribution in [0.3, 0.4) is 0 Å². The van der Waals surface area contributed by atoms with Gasteiger partial charge in [0.2, 0.25) is 0 Å². The molecule has 0 saturated heterocycles. The molecule has 1 aromatic heterocycles. The summed E-state index contributed by atoms with van der Waals surface area (Å²) in [6.45, 7) is 2.76. The minimum atomic E-state index is -0.420. The summed E-state index contributed by atoms with van der Waals surface area (Å²) in [6.07, 6.45) is 2.63. The molecule has 1 atom stereocenters. The Morgan fingerprint density at radius 3 is 2.74 bits per heavy atom. The number of hydrogen-bond donors (Lipinski definition) is 1. The van der Waals surface area contributed by atoms with Gasteiger partial charge in [0, 0.05) is 23.4 Å². The predicted molar refractivity (Wildman–Crippen MR) is 99.5 cm³/mol. The Morgan fingerprint density at radius 2 is 1.96 bits per heavy atom. The summed E-state index contributed by atoms with van der Waals surface area (Å²) in [4.78, 5) is 1.01. The van der Waals surface area contributed by atoms with Crippen molar-refractivity contribution in [3.05, 3.63) is 65.3 Å². The number of benzene rings is 2. The standard InChI is InChI=1S/C19H20ClNOS/c1-2-14-6-5-7-15-10-11-21(19(14)15)12-16(22)13-23-18-9-4-3-8-17(18)20/h3-11,16,22H,2,12-13H2,1H3. The van der Waals surface area contributed by atoms with Crippen molar-refractivity contribution in [2.75, 3.05) is 5.75 Å². The van der Waals surface area contributed by atoms with Gasteiger partial charge in [0.1, 0.15) is 0 Å². The molecule has 0 fully saturated rings. The minimum Gasteiger partial charge on any atom is -0.390 e. The smallest absolute Gasteiger partial charge is 0.0812 e. The van der Waals surface area contributed by atoms with E-state index in [9.17, 15) is 5.11 Å². The molecule has 4 heteroatoms. The van der Waals surface area contributed by atoms with Crippen LogP contribution < -0.4 is 0 Å². The average Bonchev–Trinajstić information content (AvgIpc) is 2.97. The third-order valence-electron chi connectivity index (χ3n) is 3.93. The number of aliphatic hydroxyl groups is 1. The number of rotatable bonds is 6. The molecular weight excluding hydrogens is 326 g/mol. The second-order valence-corrected chi connectivity index (χ2v) is 7.04. The van der Waals surface area contributed by atoms with Crippen molar-refractivity contribution in [3.63, 3.8) is 0 Å². The SMILES string of the molecule is CCc1cccc2ccn(CC(O)CSc3ccccc3Cl)c12. The van der Waals surface area contributed by atoms with Gasteiger partial charge in [0.15, 0.2) is 0 Å². The quantitative estimate of drug-likeness (QED) is 0.635. The fourth-order valence-electron chi connectivity index (χ4n) is 2.81. The number of fused-ring (bicyclic) bond motifs is 1. The molecule has 0 aliphatic rings. The largest absolute Gasteiger partial charge is 0.390 e. The first kappa shape index (κ1) is 16.4. The zero-order chi connectivity index (χ0) is 16.2. The van der Waals surface area contributed by atoms with E-state index in [2.05, 4.69) is 42.0 Å². The number of nitrogens with zero attached hydrogens (tertiary/aromatic N) is 1. The lowest BCUT2D eigenvalue weighted by molar-refractivity contribution is 0.180. The average molecular weight is 346 g/mol. The maximum Gasteiger partial charge on any atom is 0.0812 e. The van der Waals surface area contributed by atoms with E-state index in [0.29, 0.717) is 12.3 Å². The summed E-state index contributed by atoms with van der Waals surface area (Å²) in [6, 6.07) is 16.2. The molecule has 1 unspecified atom stereocenters. The Labute approximate surface area is 146 Å². The van der Waals surface area contributed by atoms with E-state index in [4.69, 9.17) is 11.6 Å². The highest BCUT2D eigenvalue weighted by atomic mass is 35.5. The maximum absolute atomic E-state index is 10.4. The lowest BCUT2D eigenvalue weighted by Crippen LogP contribution is -2.18. The lowest BCUT2D eigenvalue weighted by Gasteiger charge is -2.14. The van der Waals surface area contributed by atoms with Crippen molar-refractivity contribution in [2.24, 2.45) is 0 Å². The van der Waals surface area contributed by atoms with Gasteiger partial charge in [-0.1, -0.05) is 48.9 Å². The highest BCUT2D eigenvalue weighted by molar-refractivity contribution is 7.99.